The van der Waals surface area contributed by atoms with Crippen LogP contribution in [0.3, 0.4) is 0 Å². The van der Waals surface area contributed by atoms with Crippen LogP contribution in [0.1, 0.15) is 0 Å². The van der Waals surface area contributed by atoms with Crippen LogP contribution in [0.5, 0.6) is 0 Å². The van der Waals surface area contributed by atoms with Gasteiger partial charge in [0, 0.05) is 6.20 Å². The van der Waals surface area contributed by atoms with Gasteiger partial charge in [0.15, 0.2) is 5.15 Å². The molecule has 0 unspecified atom stereocenters. The Morgan fingerprint density at radius 1 is 1.50 bits per heavy atom. The van der Waals surface area contributed by atoms with Crippen molar-refractivity contribution in [2.75, 3.05) is 5.32 Å². The Labute approximate surface area is 92.4 Å². The van der Waals surface area contributed by atoms with Crippen molar-refractivity contribution in [1.82, 2.24) is 4.98 Å². The van der Waals surface area contributed by atoms with Gasteiger partial charge >= 0.3 is 18.3 Å². The lowest BCUT2D eigenvalue weighted by atomic mass is 10.3. The summed E-state index contributed by atoms with van der Waals surface area (Å²) in [5.41, 5.74) is -0.255. The van der Waals surface area contributed by atoms with Crippen LogP contribution in [0.15, 0.2) is 18.3 Å². The van der Waals surface area contributed by atoms with Gasteiger partial charge in [-0.1, -0.05) is 11.6 Å². The predicted octanol–water partition coefficient (Wildman–Crippen LogP) is 2.57. The highest BCUT2D eigenvalue weighted by Crippen LogP contribution is 2.26. The molecule has 1 rings (SSSR count). The first kappa shape index (κ1) is 12.7. The van der Waals surface area contributed by atoms with Gasteiger partial charge in [0.2, 0.25) is 0 Å². The molecule has 1 aromatic heterocycles. The molecule has 0 aliphatic rings. The molecule has 0 fully saturated rings. The molecule has 0 spiro atoms. The Kier molecular flexibility index (Phi) is 3.69. The highest BCUT2D eigenvalue weighted by molar-refractivity contribution is 6.32. The first-order chi connectivity index (χ1) is 7.35. The smallest absolute Gasteiger partial charge is 0.318 e. The van der Waals surface area contributed by atoms with Crippen molar-refractivity contribution in [1.29, 1.82) is 0 Å². The Morgan fingerprint density at radius 2 is 2.12 bits per heavy atom. The number of halogens is 5. The summed E-state index contributed by atoms with van der Waals surface area (Å²) in [7, 11) is 0. The largest absolute Gasteiger partial charge is 0.383 e. The van der Waals surface area contributed by atoms with Gasteiger partial charge in [-0.3, -0.25) is 4.79 Å². The third kappa shape index (κ3) is 2.60. The molecule has 3 nitrogen and oxygen atoms in total. The molecule has 0 atom stereocenters. The van der Waals surface area contributed by atoms with Gasteiger partial charge in [-0.25, -0.2) is 13.8 Å². The fourth-order valence-corrected chi connectivity index (χ4v) is 0.951. The predicted molar refractivity (Wildman–Crippen MR) is 48.8 cm³/mol. The maximum Gasteiger partial charge on any atom is 0.383 e. The second kappa shape index (κ2) is 4.65. The number of hydrogen-bond donors (Lipinski definition) is 1. The average Bonchev–Trinajstić information content (AvgIpc) is 2.21. The molecular weight excluding hydrogens is 252 g/mol. The number of carbonyl (C=O) groups excluding carboxylic acids is 1. The lowest BCUT2D eigenvalue weighted by Gasteiger charge is -2.14. The number of hydrogen-bond acceptors (Lipinski definition) is 2. The van der Waals surface area contributed by atoms with Gasteiger partial charge in [-0.15, -0.1) is 0 Å². The fraction of sp³-hybridized carbons (Fsp3) is 0.250. The van der Waals surface area contributed by atoms with E-state index in [0.717, 1.165) is 6.07 Å². The third-order valence-electron chi connectivity index (χ3n) is 1.58. The van der Waals surface area contributed by atoms with E-state index in [1.807, 2.05) is 0 Å². The molecule has 8 heteroatoms. The topological polar surface area (TPSA) is 42.0 Å². The summed E-state index contributed by atoms with van der Waals surface area (Å²) in [4.78, 5) is 14.3. The number of nitrogens with one attached hydrogen (secondary N) is 1. The number of anilines is 1. The molecule has 1 amide bonds. The molecular formula is C8H5ClF4N2O. The quantitative estimate of drug-likeness (QED) is 0.667. The minimum absolute atomic E-state index is 0.255. The lowest BCUT2D eigenvalue weighted by Crippen LogP contribution is -2.41. The normalized spacial score (nSPS) is 11.6. The van der Waals surface area contributed by atoms with Gasteiger partial charge in [0.05, 0.1) is 5.69 Å². The lowest BCUT2D eigenvalue weighted by molar-refractivity contribution is -0.163. The number of aromatic nitrogens is 1. The molecule has 0 aromatic carbocycles. The number of rotatable bonds is 3. The van der Waals surface area contributed by atoms with Gasteiger partial charge in [0.1, 0.15) is 0 Å². The van der Waals surface area contributed by atoms with E-state index in [1.165, 1.54) is 12.3 Å². The first-order valence-electron chi connectivity index (χ1n) is 3.93. The Hall–Kier alpha value is -1.37. The Bertz CT molecular complexity index is 399. The maximum atomic E-state index is 12.5. The molecule has 16 heavy (non-hydrogen) atoms. The second-order valence-electron chi connectivity index (χ2n) is 2.72. The van der Waals surface area contributed by atoms with E-state index in [0.29, 0.717) is 0 Å². The van der Waals surface area contributed by atoms with Gasteiger partial charge in [-0.05, 0) is 12.1 Å². The number of amides is 1. The van der Waals surface area contributed by atoms with Gasteiger partial charge in [0.25, 0.3) is 0 Å². The molecule has 0 saturated heterocycles. The zero-order chi connectivity index (χ0) is 12.3. The van der Waals surface area contributed by atoms with Gasteiger partial charge < -0.3 is 5.32 Å². The van der Waals surface area contributed by atoms with E-state index in [4.69, 9.17) is 11.6 Å². The van der Waals surface area contributed by atoms with Crippen molar-refractivity contribution in [3.63, 3.8) is 0 Å². The highest BCUT2D eigenvalue weighted by atomic mass is 35.5. The number of pyridine rings is 1. The highest BCUT2D eigenvalue weighted by Gasteiger charge is 2.49. The van der Waals surface area contributed by atoms with Crippen molar-refractivity contribution in [3.05, 3.63) is 23.5 Å². The molecule has 0 bridgehead atoms. The summed E-state index contributed by atoms with van der Waals surface area (Å²) in [6, 6.07) is 2.47. The summed E-state index contributed by atoms with van der Waals surface area (Å²) in [6.07, 6.45) is -2.83. The molecule has 0 radical (unpaired) electrons. The fourth-order valence-electron chi connectivity index (χ4n) is 0.784. The van der Waals surface area contributed by atoms with Crippen LogP contribution in [0.2, 0.25) is 5.15 Å². The van der Waals surface area contributed by atoms with Crippen molar-refractivity contribution in [2.24, 2.45) is 0 Å². The van der Waals surface area contributed by atoms with Crippen molar-refractivity contribution < 1.29 is 22.4 Å². The van der Waals surface area contributed by atoms with Crippen molar-refractivity contribution in [3.8, 4) is 0 Å². The summed E-state index contributed by atoms with van der Waals surface area (Å²) < 4.78 is 48.7. The molecule has 0 aliphatic heterocycles. The van der Waals surface area contributed by atoms with E-state index in [1.54, 1.807) is 5.32 Å². The maximum absolute atomic E-state index is 12.5. The summed E-state index contributed by atoms with van der Waals surface area (Å²) in [6.45, 7) is 0. The van der Waals surface area contributed by atoms with Crippen LogP contribution in [-0.4, -0.2) is 23.2 Å². The van der Waals surface area contributed by atoms with E-state index in [-0.39, 0.29) is 10.8 Å². The van der Waals surface area contributed by atoms with E-state index in [9.17, 15) is 22.4 Å². The van der Waals surface area contributed by atoms with Crippen LogP contribution >= 0.6 is 11.6 Å². The van der Waals surface area contributed by atoms with E-state index in [2.05, 4.69) is 4.98 Å². The molecule has 0 saturated carbocycles. The van der Waals surface area contributed by atoms with E-state index >= 15 is 0 Å². The van der Waals surface area contributed by atoms with Crippen LogP contribution < -0.4 is 5.32 Å². The standard InChI is InChI=1S/C8H5ClF4N2O/c9-5-4(2-1-3-14-5)15-7(16)8(12,13)6(10)11/h1-3,6H,(H,15,16). The van der Waals surface area contributed by atoms with Crippen LogP contribution in [-0.2, 0) is 4.79 Å². The van der Waals surface area contributed by atoms with Crippen molar-refractivity contribution >= 4 is 23.2 Å². The third-order valence-corrected chi connectivity index (χ3v) is 1.89. The van der Waals surface area contributed by atoms with Crippen LogP contribution in [0.4, 0.5) is 23.2 Å². The Morgan fingerprint density at radius 3 is 2.62 bits per heavy atom. The second-order valence-corrected chi connectivity index (χ2v) is 3.08. The number of carbonyl (C=O) groups is 1. The van der Waals surface area contributed by atoms with E-state index < -0.39 is 18.3 Å². The summed E-state index contributed by atoms with van der Waals surface area (Å²) in [5, 5.41) is 1.31. The summed E-state index contributed by atoms with van der Waals surface area (Å²) in [5.74, 6) is -6.89. The summed E-state index contributed by atoms with van der Waals surface area (Å²) >= 11 is 5.44. The van der Waals surface area contributed by atoms with Crippen LogP contribution in [0.25, 0.3) is 0 Å². The minimum atomic E-state index is -4.76. The number of alkyl halides is 4. The molecule has 88 valence electrons. The zero-order valence-corrected chi connectivity index (χ0v) is 8.31. The molecule has 1 aromatic rings. The number of nitrogens with zero attached hydrogens (tertiary/aromatic N) is 1. The monoisotopic (exact) mass is 256 g/mol. The molecule has 1 N–H and O–H groups in total. The average molecular weight is 257 g/mol. The van der Waals surface area contributed by atoms with Crippen molar-refractivity contribution in [2.45, 2.75) is 12.3 Å². The molecule has 1 heterocycles. The SMILES string of the molecule is O=C(Nc1cccnc1Cl)C(F)(F)C(F)F. The van der Waals surface area contributed by atoms with Crippen LogP contribution in [0, 0.1) is 0 Å². The first-order valence-corrected chi connectivity index (χ1v) is 4.31. The minimum Gasteiger partial charge on any atom is -0.318 e. The zero-order valence-electron chi connectivity index (χ0n) is 7.55. The Balaban J connectivity index is 2.84. The molecule has 0 aliphatic carbocycles. The van der Waals surface area contributed by atoms with Gasteiger partial charge in [-0.2, -0.15) is 8.78 Å².